The van der Waals surface area contributed by atoms with E-state index < -0.39 is 6.10 Å². The summed E-state index contributed by atoms with van der Waals surface area (Å²) in [5.41, 5.74) is 6.45. The van der Waals surface area contributed by atoms with E-state index in [1.165, 1.54) is 37.8 Å². The molecule has 1 saturated carbocycles. The number of aliphatic hydroxyl groups is 1. The van der Waals surface area contributed by atoms with Gasteiger partial charge < -0.3 is 36.7 Å². The number of amides is 2. The van der Waals surface area contributed by atoms with E-state index in [0.717, 1.165) is 24.2 Å². The number of benzene rings is 1. The summed E-state index contributed by atoms with van der Waals surface area (Å²) in [5.74, 6) is 1.07. The molecule has 2 aliphatic rings. The fourth-order valence-corrected chi connectivity index (χ4v) is 6.35. The molecule has 1 aliphatic heterocycles. The van der Waals surface area contributed by atoms with E-state index in [-0.39, 0.29) is 42.6 Å². The van der Waals surface area contributed by atoms with Gasteiger partial charge in [0, 0.05) is 44.0 Å². The number of β-amino-alcohol motifs (C(OH)–C–C–N with tert-alkyl or cyclic N) is 1. The number of aliphatic hydroxyl groups excluding tert-OH is 1. The van der Waals surface area contributed by atoms with Crippen LogP contribution in [0.15, 0.2) is 42.1 Å². The summed E-state index contributed by atoms with van der Waals surface area (Å²) in [6.45, 7) is 16.4. The molecule has 7 N–H and O–H groups in total. The maximum atomic E-state index is 13.3. The molecule has 1 saturated heterocycles. The van der Waals surface area contributed by atoms with Crippen LogP contribution in [-0.4, -0.2) is 109 Å². The standard InChI is InChI=1S/C31H50N4O4.C5H13NO.CH5N/c1-5-26(18-32-30(37)21-39-6-2)34-27(16-23-12-8-7-9-13-23)29(36)20-35-19-25-15-11-10-14-24(25)17-28(35)31(38)33-22(3)4;1-4-6(7)5(2)3;1-2/h5,7-9,12-13,22,24-25,27-29,34,36H,6,10-11,14-21H2,1-4H3,(H,32,37)(H,33,38);5,7H,4H2,1-3H3;2H2,1H3/b26-5+;;. The normalized spacial score (nSPS) is 20.9. The zero-order valence-electron chi connectivity index (χ0n) is 31.1. The lowest BCUT2D eigenvalue weighted by molar-refractivity contribution is -0.131. The summed E-state index contributed by atoms with van der Waals surface area (Å²) in [4.78, 5) is 27.6. The average molecular weight is 677 g/mol. The van der Waals surface area contributed by atoms with Crippen molar-refractivity contribution < 1.29 is 24.6 Å². The number of hydroxylamine groups is 2. The van der Waals surface area contributed by atoms with Crippen molar-refractivity contribution in [1.29, 1.82) is 0 Å². The van der Waals surface area contributed by atoms with E-state index in [2.05, 4.69) is 38.7 Å². The number of fused-ring (bicyclic) bond motifs is 1. The third kappa shape index (κ3) is 16.2. The van der Waals surface area contributed by atoms with Crippen LogP contribution in [0.2, 0.25) is 0 Å². The van der Waals surface area contributed by atoms with Gasteiger partial charge in [0.05, 0.1) is 24.7 Å². The van der Waals surface area contributed by atoms with E-state index in [1.54, 1.807) is 0 Å². The highest BCUT2D eigenvalue weighted by molar-refractivity contribution is 5.82. The van der Waals surface area contributed by atoms with Crippen molar-refractivity contribution in [2.24, 2.45) is 17.6 Å². The molecule has 0 bridgehead atoms. The van der Waals surface area contributed by atoms with E-state index in [0.29, 0.717) is 44.5 Å². The molecule has 1 aromatic rings. The Labute approximate surface area is 291 Å². The zero-order chi connectivity index (χ0) is 36.1. The lowest BCUT2D eigenvalue weighted by Crippen LogP contribution is -2.59. The second kappa shape index (κ2) is 24.6. The topological polar surface area (TPSA) is 152 Å². The molecule has 11 heteroatoms. The smallest absolute Gasteiger partial charge is 0.246 e. The number of nitrogens with two attached hydrogens (primary N) is 1. The lowest BCUT2D eigenvalue weighted by atomic mass is 9.72. The third-order valence-corrected chi connectivity index (χ3v) is 8.97. The highest BCUT2D eigenvalue weighted by Gasteiger charge is 2.41. The number of nitrogens with one attached hydrogen (secondary N) is 3. The second-order valence-corrected chi connectivity index (χ2v) is 13.3. The first-order valence-electron chi connectivity index (χ1n) is 18.0. The van der Waals surface area contributed by atoms with Gasteiger partial charge in [-0.25, -0.2) is 0 Å². The Balaban J connectivity index is 0.00000113. The van der Waals surface area contributed by atoms with Gasteiger partial charge in [-0.3, -0.25) is 14.5 Å². The van der Waals surface area contributed by atoms with Crippen LogP contribution < -0.4 is 21.7 Å². The number of allylic oxidation sites excluding steroid dienone is 1. The second-order valence-electron chi connectivity index (χ2n) is 13.3. The average Bonchev–Trinajstić information content (AvgIpc) is 3.09. The molecule has 1 aliphatic carbocycles. The summed E-state index contributed by atoms with van der Waals surface area (Å²) in [6.07, 6.45) is 7.59. The number of carbonyl (C=O) groups is 2. The van der Waals surface area contributed by atoms with Gasteiger partial charge in [-0.05, 0) is 85.3 Å². The Morgan fingerprint density at radius 2 is 1.71 bits per heavy atom. The minimum Gasteiger partial charge on any atom is -0.390 e. The fraction of sp³-hybridized carbons (Fsp3) is 0.730. The molecule has 5 unspecified atom stereocenters. The first-order chi connectivity index (χ1) is 23.0. The lowest BCUT2D eigenvalue weighted by Gasteiger charge is -2.46. The number of rotatable bonds is 16. The van der Waals surface area contributed by atoms with E-state index >= 15 is 0 Å². The van der Waals surface area contributed by atoms with Crippen LogP contribution in [0.5, 0.6) is 0 Å². The molecule has 11 nitrogen and oxygen atoms in total. The molecule has 5 atom stereocenters. The van der Waals surface area contributed by atoms with Gasteiger partial charge in [-0.2, -0.15) is 5.06 Å². The molecule has 276 valence electrons. The van der Waals surface area contributed by atoms with Gasteiger partial charge in [0.1, 0.15) is 6.61 Å². The van der Waals surface area contributed by atoms with Crippen LogP contribution in [0.3, 0.4) is 0 Å². The molecular formula is C37H68N6O5. The number of likely N-dealkylation sites (tertiary alicyclic amines) is 1. The van der Waals surface area contributed by atoms with Crippen LogP contribution in [0.1, 0.15) is 86.1 Å². The zero-order valence-corrected chi connectivity index (χ0v) is 31.1. The molecule has 2 fully saturated rings. The van der Waals surface area contributed by atoms with Gasteiger partial charge >= 0.3 is 0 Å². The number of carbonyl (C=O) groups excluding carboxylic acids is 2. The molecule has 0 aromatic heterocycles. The number of ether oxygens (including phenoxy) is 1. The van der Waals surface area contributed by atoms with Crippen molar-refractivity contribution in [1.82, 2.24) is 25.9 Å². The van der Waals surface area contributed by atoms with Crippen molar-refractivity contribution in [2.75, 3.05) is 46.4 Å². The highest BCUT2D eigenvalue weighted by atomic mass is 16.5. The van der Waals surface area contributed by atoms with Crippen LogP contribution in [0.4, 0.5) is 0 Å². The summed E-state index contributed by atoms with van der Waals surface area (Å²) >= 11 is 0. The van der Waals surface area contributed by atoms with Gasteiger partial charge in [0.25, 0.3) is 0 Å². The largest absolute Gasteiger partial charge is 0.390 e. The summed E-state index contributed by atoms with van der Waals surface area (Å²) < 4.78 is 5.20. The summed E-state index contributed by atoms with van der Waals surface area (Å²) in [6, 6.07) is 9.94. The minimum atomic E-state index is -0.714. The SMILES string of the molecule is C/C=C(\CNC(=O)COCC)NC(Cc1ccccc1)C(O)CN1CC2CCCCC2CC1C(=O)NC(C)C.CCN(O)C(C)C.CN. The Morgan fingerprint density at radius 3 is 2.25 bits per heavy atom. The predicted molar refractivity (Wildman–Crippen MR) is 194 cm³/mol. The predicted octanol–water partition coefficient (Wildman–Crippen LogP) is 3.69. The number of hydrogen-bond donors (Lipinski definition) is 6. The van der Waals surface area contributed by atoms with Gasteiger partial charge in [-0.1, -0.05) is 62.6 Å². The van der Waals surface area contributed by atoms with Gasteiger partial charge in [0.15, 0.2) is 0 Å². The maximum absolute atomic E-state index is 13.3. The molecule has 2 amide bonds. The number of piperidine rings is 1. The molecule has 3 rings (SSSR count). The Morgan fingerprint density at radius 1 is 1.06 bits per heavy atom. The van der Waals surface area contributed by atoms with Crippen molar-refractivity contribution in [2.45, 2.75) is 117 Å². The Kier molecular flexibility index (Phi) is 22.3. The molecule has 1 aromatic carbocycles. The molecule has 0 spiro atoms. The first-order valence-corrected chi connectivity index (χ1v) is 18.0. The Hall–Kier alpha value is -2.54. The van der Waals surface area contributed by atoms with E-state index in [4.69, 9.17) is 9.94 Å². The molecule has 48 heavy (non-hydrogen) atoms. The minimum absolute atomic E-state index is 0.0283. The van der Waals surface area contributed by atoms with Crippen molar-refractivity contribution in [3.63, 3.8) is 0 Å². The molecule has 0 radical (unpaired) electrons. The van der Waals surface area contributed by atoms with Crippen LogP contribution >= 0.6 is 0 Å². The van der Waals surface area contributed by atoms with E-state index in [1.807, 2.05) is 72.7 Å². The number of hydrogen-bond acceptors (Lipinski definition) is 9. The van der Waals surface area contributed by atoms with Gasteiger partial charge in [0.2, 0.25) is 11.8 Å². The quantitative estimate of drug-likeness (QED) is 0.144. The van der Waals surface area contributed by atoms with Crippen molar-refractivity contribution in [3.05, 3.63) is 47.7 Å². The monoisotopic (exact) mass is 677 g/mol. The van der Waals surface area contributed by atoms with Crippen molar-refractivity contribution >= 4 is 11.8 Å². The summed E-state index contributed by atoms with van der Waals surface area (Å²) in [5, 5.41) is 31.3. The van der Waals surface area contributed by atoms with Crippen LogP contribution in [0, 0.1) is 11.8 Å². The molecular weight excluding hydrogens is 608 g/mol. The van der Waals surface area contributed by atoms with Crippen LogP contribution in [-0.2, 0) is 20.7 Å². The molecule has 1 heterocycles. The van der Waals surface area contributed by atoms with Gasteiger partial charge in [-0.15, -0.1) is 0 Å². The summed E-state index contributed by atoms with van der Waals surface area (Å²) in [7, 11) is 1.50. The fourth-order valence-electron chi connectivity index (χ4n) is 6.35. The highest BCUT2D eigenvalue weighted by Crippen LogP contribution is 2.38. The van der Waals surface area contributed by atoms with E-state index in [9.17, 15) is 14.7 Å². The maximum Gasteiger partial charge on any atom is 0.246 e. The first kappa shape index (κ1) is 43.5. The Bertz CT molecular complexity index is 1040. The van der Waals surface area contributed by atoms with Crippen molar-refractivity contribution in [3.8, 4) is 0 Å². The number of nitrogens with zero attached hydrogens (tertiary/aromatic N) is 2. The van der Waals surface area contributed by atoms with Crippen LogP contribution in [0.25, 0.3) is 0 Å². The third-order valence-electron chi connectivity index (χ3n) is 8.97.